The Morgan fingerprint density at radius 2 is 1.94 bits per heavy atom. The molecule has 0 spiro atoms. The van der Waals surface area contributed by atoms with Gasteiger partial charge in [-0.05, 0) is 37.0 Å². The second-order valence-electron chi connectivity index (χ2n) is 4.62. The van der Waals surface area contributed by atoms with Crippen LogP contribution in [0.3, 0.4) is 0 Å². The zero-order valence-corrected chi connectivity index (χ0v) is 11.7. The predicted molar refractivity (Wildman–Crippen MR) is 75.1 cm³/mol. The molecule has 18 heavy (non-hydrogen) atoms. The lowest BCUT2D eigenvalue weighted by Crippen LogP contribution is -2.09. The first kappa shape index (κ1) is 14.8. The molecule has 0 aliphatic rings. The number of nitrogens with two attached hydrogens (primary N) is 1. The minimum Gasteiger partial charge on any atom is -0.490 e. The highest BCUT2D eigenvalue weighted by molar-refractivity contribution is 5.43. The summed E-state index contributed by atoms with van der Waals surface area (Å²) >= 11 is 0. The molecule has 0 radical (unpaired) electrons. The highest BCUT2D eigenvalue weighted by Gasteiger charge is 2.08. The fraction of sp³-hybridized carbons (Fsp3) is 0.600. The smallest absolute Gasteiger partial charge is 0.161 e. The average molecular weight is 251 g/mol. The van der Waals surface area contributed by atoms with Gasteiger partial charge in [0.05, 0.1) is 13.2 Å². The van der Waals surface area contributed by atoms with Crippen LogP contribution in [-0.2, 0) is 6.54 Å². The lowest BCUT2D eigenvalue weighted by Gasteiger charge is -2.16. The first-order valence-electron chi connectivity index (χ1n) is 6.79. The highest BCUT2D eigenvalue weighted by Crippen LogP contribution is 2.29. The van der Waals surface area contributed by atoms with E-state index in [9.17, 15) is 0 Å². The van der Waals surface area contributed by atoms with Crippen LogP contribution < -0.4 is 15.2 Å². The lowest BCUT2D eigenvalue weighted by atomic mass is 10.1. The van der Waals surface area contributed by atoms with Crippen molar-refractivity contribution >= 4 is 0 Å². The topological polar surface area (TPSA) is 44.5 Å². The molecule has 0 bridgehead atoms. The van der Waals surface area contributed by atoms with E-state index in [2.05, 4.69) is 13.8 Å². The van der Waals surface area contributed by atoms with Gasteiger partial charge < -0.3 is 15.2 Å². The molecule has 1 rings (SSSR count). The SMILES string of the molecule is CCCC(C)COc1ccc(CN)cc1OCC. The van der Waals surface area contributed by atoms with Crippen LogP contribution >= 0.6 is 0 Å². The molecule has 0 fully saturated rings. The van der Waals surface area contributed by atoms with Gasteiger partial charge in [0.2, 0.25) is 0 Å². The Balaban J connectivity index is 2.68. The third-order valence-corrected chi connectivity index (χ3v) is 2.85. The predicted octanol–water partition coefficient (Wildman–Crippen LogP) is 3.36. The Labute approximate surface area is 110 Å². The van der Waals surface area contributed by atoms with E-state index in [0.29, 0.717) is 19.1 Å². The fourth-order valence-corrected chi connectivity index (χ4v) is 1.88. The summed E-state index contributed by atoms with van der Waals surface area (Å²) in [5, 5.41) is 0. The van der Waals surface area contributed by atoms with Crippen molar-refractivity contribution < 1.29 is 9.47 Å². The number of hydrogen-bond acceptors (Lipinski definition) is 3. The van der Waals surface area contributed by atoms with Gasteiger partial charge >= 0.3 is 0 Å². The number of rotatable bonds is 8. The molecule has 0 aliphatic heterocycles. The van der Waals surface area contributed by atoms with Gasteiger partial charge in [-0.3, -0.25) is 0 Å². The minimum atomic E-state index is 0.520. The fourth-order valence-electron chi connectivity index (χ4n) is 1.88. The lowest BCUT2D eigenvalue weighted by molar-refractivity contribution is 0.234. The van der Waals surface area contributed by atoms with E-state index in [0.717, 1.165) is 23.7 Å². The minimum absolute atomic E-state index is 0.520. The molecule has 102 valence electrons. The standard InChI is InChI=1S/C15H25NO2/c1-4-6-12(3)11-18-14-8-7-13(10-16)9-15(14)17-5-2/h7-9,12H,4-6,10-11,16H2,1-3H3. The molecular weight excluding hydrogens is 226 g/mol. The van der Waals surface area contributed by atoms with Crippen LogP contribution in [0.1, 0.15) is 39.2 Å². The van der Waals surface area contributed by atoms with Crippen molar-refractivity contribution in [3.63, 3.8) is 0 Å². The molecule has 0 aromatic heterocycles. The molecule has 3 heteroatoms. The first-order chi connectivity index (χ1) is 8.71. The summed E-state index contributed by atoms with van der Waals surface area (Å²) in [5.41, 5.74) is 6.69. The van der Waals surface area contributed by atoms with Crippen molar-refractivity contribution in [2.24, 2.45) is 11.7 Å². The van der Waals surface area contributed by atoms with E-state index >= 15 is 0 Å². The van der Waals surface area contributed by atoms with Gasteiger partial charge in [0, 0.05) is 6.54 Å². The van der Waals surface area contributed by atoms with Crippen LogP contribution in [0.15, 0.2) is 18.2 Å². The molecule has 3 nitrogen and oxygen atoms in total. The molecule has 0 aliphatic carbocycles. The molecule has 1 aromatic carbocycles. The Bertz CT molecular complexity index is 352. The van der Waals surface area contributed by atoms with Gasteiger partial charge in [-0.15, -0.1) is 0 Å². The van der Waals surface area contributed by atoms with Gasteiger partial charge in [0.25, 0.3) is 0 Å². The van der Waals surface area contributed by atoms with E-state index in [1.54, 1.807) is 0 Å². The van der Waals surface area contributed by atoms with Gasteiger partial charge in [-0.25, -0.2) is 0 Å². The monoisotopic (exact) mass is 251 g/mol. The summed E-state index contributed by atoms with van der Waals surface area (Å²) in [6.07, 6.45) is 2.37. The third kappa shape index (κ3) is 4.57. The summed E-state index contributed by atoms with van der Waals surface area (Å²) in [7, 11) is 0. The van der Waals surface area contributed by atoms with Gasteiger partial charge in [-0.1, -0.05) is 26.3 Å². The molecule has 0 saturated heterocycles. The largest absolute Gasteiger partial charge is 0.490 e. The van der Waals surface area contributed by atoms with Crippen molar-refractivity contribution in [1.29, 1.82) is 0 Å². The Morgan fingerprint density at radius 1 is 1.17 bits per heavy atom. The summed E-state index contributed by atoms with van der Waals surface area (Å²) < 4.78 is 11.4. The summed E-state index contributed by atoms with van der Waals surface area (Å²) in [6.45, 7) is 8.26. The van der Waals surface area contributed by atoms with E-state index in [-0.39, 0.29) is 0 Å². The molecule has 2 N–H and O–H groups in total. The molecule has 1 unspecified atom stereocenters. The Hall–Kier alpha value is -1.22. The van der Waals surface area contributed by atoms with E-state index in [1.165, 1.54) is 12.8 Å². The average Bonchev–Trinajstić information content (AvgIpc) is 2.38. The maximum absolute atomic E-state index is 5.84. The summed E-state index contributed by atoms with van der Waals surface area (Å²) in [6, 6.07) is 5.90. The van der Waals surface area contributed by atoms with Crippen LogP contribution in [0.4, 0.5) is 0 Å². The number of benzene rings is 1. The van der Waals surface area contributed by atoms with Gasteiger partial charge in [0.1, 0.15) is 0 Å². The van der Waals surface area contributed by atoms with Crippen molar-refractivity contribution in [2.45, 2.75) is 40.2 Å². The second kappa shape index (κ2) is 7.98. The normalized spacial score (nSPS) is 12.2. The maximum atomic E-state index is 5.84. The zero-order chi connectivity index (χ0) is 13.4. The van der Waals surface area contributed by atoms with Gasteiger partial charge in [-0.2, -0.15) is 0 Å². The van der Waals surface area contributed by atoms with Gasteiger partial charge in [0.15, 0.2) is 11.5 Å². The van der Waals surface area contributed by atoms with Crippen LogP contribution in [0.5, 0.6) is 11.5 Å². The molecule has 0 amide bonds. The van der Waals surface area contributed by atoms with Crippen molar-refractivity contribution in [3.05, 3.63) is 23.8 Å². The molecule has 1 aromatic rings. The number of ether oxygens (including phenoxy) is 2. The molecule has 0 heterocycles. The van der Waals surface area contributed by atoms with Crippen LogP contribution in [0.25, 0.3) is 0 Å². The van der Waals surface area contributed by atoms with E-state index in [1.807, 2.05) is 25.1 Å². The maximum Gasteiger partial charge on any atom is 0.161 e. The van der Waals surface area contributed by atoms with Crippen molar-refractivity contribution in [2.75, 3.05) is 13.2 Å². The molecular formula is C15H25NO2. The zero-order valence-electron chi connectivity index (χ0n) is 11.7. The summed E-state index contributed by atoms with van der Waals surface area (Å²) in [5.74, 6) is 2.18. The quantitative estimate of drug-likeness (QED) is 0.770. The Morgan fingerprint density at radius 3 is 2.56 bits per heavy atom. The van der Waals surface area contributed by atoms with E-state index in [4.69, 9.17) is 15.2 Å². The highest BCUT2D eigenvalue weighted by atomic mass is 16.5. The van der Waals surface area contributed by atoms with Crippen LogP contribution in [-0.4, -0.2) is 13.2 Å². The van der Waals surface area contributed by atoms with Crippen LogP contribution in [0.2, 0.25) is 0 Å². The first-order valence-corrected chi connectivity index (χ1v) is 6.79. The van der Waals surface area contributed by atoms with Crippen LogP contribution in [0, 0.1) is 5.92 Å². The number of hydrogen-bond donors (Lipinski definition) is 1. The van der Waals surface area contributed by atoms with Crippen molar-refractivity contribution in [3.8, 4) is 11.5 Å². The second-order valence-corrected chi connectivity index (χ2v) is 4.62. The third-order valence-electron chi connectivity index (χ3n) is 2.85. The van der Waals surface area contributed by atoms with E-state index < -0.39 is 0 Å². The molecule has 1 atom stereocenters. The Kier molecular flexibility index (Phi) is 6.58. The van der Waals surface area contributed by atoms with Crippen molar-refractivity contribution in [1.82, 2.24) is 0 Å². The molecule has 0 saturated carbocycles. The summed E-state index contributed by atoms with van der Waals surface area (Å²) in [4.78, 5) is 0.